The summed E-state index contributed by atoms with van der Waals surface area (Å²) in [6.07, 6.45) is 1.06. The number of anilines is 1. The average molecular weight is 277 g/mol. The molecular formula is C12H19N7O. The smallest absolute Gasteiger partial charge is 0.364 e. The van der Waals surface area contributed by atoms with Crippen molar-refractivity contribution in [2.24, 2.45) is 0 Å². The van der Waals surface area contributed by atoms with Crippen molar-refractivity contribution in [3.63, 3.8) is 0 Å². The minimum atomic E-state index is -0.315. The number of aromatic nitrogens is 4. The van der Waals surface area contributed by atoms with E-state index in [0.717, 1.165) is 45.7 Å². The molecule has 3 rings (SSSR count). The van der Waals surface area contributed by atoms with E-state index in [1.807, 2.05) is 6.07 Å². The van der Waals surface area contributed by atoms with Gasteiger partial charge >= 0.3 is 5.69 Å². The Labute approximate surface area is 116 Å². The van der Waals surface area contributed by atoms with Gasteiger partial charge in [0, 0.05) is 32.7 Å². The molecule has 8 heteroatoms. The summed E-state index contributed by atoms with van der Waals surface area (Å²) in [6, 6.07) is 3.60. The first kappa shape index (κ1) is 13.1. The fourth-order valence-corrected chi connectivity index (χ4v) is 2.35. The molecule has 8 nitrogen and oxygen atoms in total. The van der Waals surface area contributed by atoms with Crippen LogP contribution >= 0.6 is 0 Å². The summed E-state index contributed by atoms with van der Waals surface area (Å²) >= 11 is 0. The van der Waals surface area contributed by atoms with Gasteiger partial charge in [-0.2, -0.15) is 9.61 Å². The molecule has 0 bridgehead atoms. The van der Waals surface area contributed by atoms with Crippen LogP contribution in [-0.4, -0.2) is 64.0 Å². The molecule has 0 aliphatic carbocycles. The molecule has 1 aliphatic rings. The Morgan fingerprint density at radius 2 is 2.15 bits per heavy atom. The van der Waals surface area contributed by atoms with Gasteiger partial charge in [-0.3, -0.25) is 0 Å². The van der Waals surface area contributed by atoms with Crippen molar-refractivity contribution >= 4 is 11.5 Å². The van der Waals surface area contributed by atoms with Gasteiger partial charge in [0.2, 0.25) is 0 Å². The van der Waals surface area contributed by atoms with E-state index in [4.69, 9.17) is 0 Å². The molecular weight excluding hydrogens is 258 g/mol. The molecule has 0 aromatic carbocycles. The van der Waals surface area contributed by atoms with Gasteiger partial charge in [0.15, 0.2) is 5.65 Å². The Morgan fingerprint density at radius 3 is 3.00 bits per heavy atom. The molecule has 20 heavy (non-hydrogen) atoms. The number of hydrogen-bond donors (Lipinski definition) is 3. The summed E-state index contributed by atoms with van der Waals surface area (Å²) < 4.78 is 1.26. The number of H-pyrrole nitrogens is 1. The third-order valence-electron chi connectivity index (χ3n) is 3.44. The summed E-state index contributed by atoms with van der Waals surface area (Å²) in [5, 5.41) is 17.0. The summed E-state index contributed by atoms with van der Waals surface area (Å²) in [7, 11) is 0. The molecule has 0 amide bonds. The maximum atomic E-state index is 11.4. The first-order valence-electron chi connectivity index (χ1n) is 6.94. The third-order valence-corrected chi connectivity index (χ3v) is 3.44. The van der Waals surface area contributed by atoms with Crippen molar-refractivity contribution in [1.29, 1.82) is 0 Å². The topological polar surface area (TPSA) is 90.3 Å². The van der Waals surface area contributed by atoms with Crippen LogP contribution in [0.2, 0.25) is 0 Å². The minimum Gasteiger partial charge on any atom is -0.369 e. The number of nitrogens with one attached hydrogen (secondary N) is 3. The zero-order valence-electron chi connectivity index (χ0n) is 11.3. The highest BCUT2D eigenvalue weighted by Gasteiger charge is 2.08. The zero-order valence-corrected chi connectivity index (χ0v) is 11.3. The molecule has 0 atom stereocenters. The SMILES string of the molecule is O=c1[nH]nc2ccc(NCCCN3CCNCC3)nn12. The highest BCUT2D eigenvalue weighted by Crippen LogP contribution is 2.03. The first-order valence-corrected chi connectivity index (χ1v) is 6.94. The second-order valence-corrected chi connectivity index (χ2v) is 4.89. The number of hydrogen-bond acceptors (Lipinski definition) is 6. The second-order valence-electron chi connectivity index (χ2n) is 4.89. The first-order chi connectivity index (χ1) is 9.83. The van der Waals surface area contributed by atoms with Gasteiger partial charge in [0.25, 0.3) is 0 Å². The van der Waals surface area contributed by atoms with Crippen LogP contribution in [0.1, 0.15) is 6.42 Å². The van der Waals surface area contributed by atoms with Gasteiger partial charge in [-0.25, -0.2) is 9.89 Å². The molecule has 2 aromatic rings. The van der Waals surface area contributed by atoms with Crippen LogP contribution in [0.25, 0.3) is 5.65 Å². The highest BCUT2D eigenvalue weighted by molar-refractivity contribution is 5.42. The van der Waals surface area contributed by atoms with E-state index in [-0.39, 0.29) is 5.69 Å². The molecule has 0 spiro atoms. The highest BCUT2D eigenvalue weighted by atomic mass is 16.2. The van der Waals surface area contributed by atoms with Crippen LogP contribution in [0, 0.1) is 0 Å². The van der Waals surface area contributed by atoms with Crippen LogP contribution in [0.15, 0.2) is 16.9 Å². The minimum absolute atomic E-state index is 0.315. The predicted molar refractivity (Wildman–Crippen MR) is 76.0 cm³/mol. The Bertz CT molecular complexity index is 614. The van der Waals surface area contributed by atoms with Crippen LogP contribution in [0.5, 0.6) is 0 Å². The lowest BCUT2D eigenvalue weighted by molar-refractivity contribution is 0.240. The lowest BCUT2D eigenvalue weighted by Gasteiger charge is -2.27. The normalized spacial score (nSPS) is 16.6. The quantitative estimate of drug-likeness (QED) is 0.615. The Hall–Kier alpha value is -1.93. The molecule has 3 heterocycles. The average Bonchev–Trinajstić information content (AvgIpc) is 2.86. The maximum absolute atomic E-state index is 11.4. The number of piperazine rings is 1. The molecule has 3 N–H and O–H groups in total. The molecule has 0 unspecified atom stereocenters. The van der Waals surface area contributed by atoms with Crippen LogP contribution in [0.4, 0.5) is 5.82 Å². The molecule has 1 aliphatic heterocycles. The van der Waals surface area contributed by atoms with Gasteiger partial charge in [-0.15, -0.1) is 5.10 Å². The second kappa shape index (κ2) is 6.02. The van der Waals surface area contributed by atoms with Gasteiger partial charge in [-0.05, 0) is 25.1 Å². The van der Waals surface area contributed by atoms with Crippen molar-refractivity contribution < 1.29 is 0 Å². The van der Waals surface area contributed by atoms with Crippen LogP contribution < -0.4 is 16.3 Å². The molecule has 1 saturated heterocycles. The molecule has 2 aromatic heterocycles. The number of nitrogens with zero attached hydrogens (tertiary/aromatic N) is 4. The maximum Gasteiger partial charge on any atom is 0.364 e. The lowest BCUT2D eigenvalue weighted by Crippen LogP contribution is -2.44. The van der Waals surface area contributed by atoms with Crippen molar-refractivity contribution in [3.05, 3.63) is 22.6 Å². The van der Waals surface area contributed by atoms with E-state index >= 15 is 0 Å². The monoisotopic (exact) mass is 277 g/mol. The molecule has 0 radical (unpaired) electrons. The van der Waals surface area contributed by atoms with Crippen LogP contribution in [0.3, 0.4) is 0 Å². The van der Waals surface area contributed by atoms with E-state index in [1.165, 1.54) is 4.52 Å². The lowest BCUT2D eigenvalue weighted by atomic mass is 10.3. The standard InChI is InChI=1S/C12H19N7O/c20-12-16-15-11-3-2-10(17-19(11)12)14-4-1-7-18-8-5-13-6-9-18/h2-3,13H,1,4-9H2,(H,14,17)(H,16,20). The number of fused-ring (bicyclic) bond motifs is 1. The molecule has 1 fully saturated rings. The van der Waals surface area contributed by atoms with E-state index < -0.39 is 0 Å². The molecule has 108 valence electrons. The van der Waals surface area contributed by atoms with Crippen molar-refractivity contribution in [2.45, 2.75) is 6.42 Å². The van der Waals surface area contributed by atoms with Crippen LogP contribution in [-0.2, 0) is 0 Å². The largest absolute Gasteiger partial charge is 0.369 e. The van der Waals surface area contributed by atoms with Gasteiger partial charge in [-0.1, -0.05) is 0 Å². The summed E-state index contributed by atoms with van der Waals surface area (Å²) in [6.45, 7) is 6.32. The number of rotatable bonds is 5. The van der Waals surface area contributed by atoms with E-state index in [9.17, 15) is 4.79 Å². The van der Waals surface area contributed by atoms with Gasteiger partial charge in [0.05, 0.1) is 0 Å². The summed E-state index contributed by atoms with van der Waals surface area (Å²) in [5.41, 5.74) is 0.214. The molecule has 0 saturated carbocycles. The van der Waals surface area contributed by atoms with E-state index in [1.54, 1.807) is 6.07 Å². The Morgan fingerprint density at radius 1 is 1.30 bits per heavy atom. The number of aromatic amines is 1. The fourth-order valence-electron chi connectivity index (χ4n) is 2.35. The zero-order chi connectivity index (χ0) is 13.8. The van der Waals surface area contributed by atoms with Crippen molar-refractivity contribution in [3.8, 4) is 0 Å². The van der Waals surface area contributed by atoms with Gasteiger partial charge < -0.3 is 15.5 Å². The Balaban J connectivity index is 1.49. The van der Waals surface area contributed by atoms with E-state index in [0.29, 0.717) is 11.5 Å². The Kier molecular flexibility index (Phi) is 3.93. The van der Waals surface area contributed by atoms with Crippen molar-refractivity contribution in [1.82, 2.24) is 30.0 Å². The predicted octanol–water partition coefficient (Wildman–Crippen LogP) is -0.875. The fraction of sp³-hybridized carbons (Fsp3) is 0.583. The summed E-state index contributed by atoms with van der Waals surface area (Å²) in [5.74, 6) is 0.696. The summed E-state index contributed by atoms with van der Waals surface area (Å²) in [4.78, 5) is 13.9. The van der Waals surface area contributed by atoms with Gasteiger partial charge in [0.1, 0.15) is 5.82 Å². The van der Waals surface area contributed by atoms with Crippen molar-refractivity contribution in [2.75, 3.05) is 44.6 Å². The van der Waals surface area contributed by atoms with E-state index in [2.05, 4.69) is 30.8 Å². The third kappa shape index (κ3) is 2.97.